The van der Waals surface area contributed by atoms with E-state index in [4.69, 9.17) is 14.2 Å². The number of esters is 1. The van der Waals surface area contributed by atoms with Gasteiger partial charge in [0, 0.05) is 13.6 Å². The van der Waals surface area contributed by atoms with Crippen molar-refractivity contribution in [2.24, 2.45) is 11.8 Å². The second kappa shape index (κ2) is 9.45. The highest BCUT2D eigenvalue weighted by Gasteiger charge is 2.40. The third-order valence-corrected chi connectivity index (χ3v) is 5.06. The lowest BCUT2D eigenvalue weighted by Gasteiger charge is -2.18. The molecule has 0 spiro atoms. The normalized spacial score (nSPS) is 17.3. The Morgan fingerprint density at radius 2 is 1.79 bits per heavy atom. The molecule has 6 nitrogen and oxygen atoms in total. The number of benzene rings is 2. The Morgan fingerprint density at radius 1 is 1.07 bits per heavy atom. The van der Waals surface area contributed by atoms with E-state index in [1.165, 1.54) is 4.90 Å². The number of carbonyl (C=O) groups is 2. The van der Waals surface area contributed by atoms with Gasteiger partial charge in [-0.25, -0.2) is 0 Å². The molecule has 2 aromatic carbocycles. The predicted molar refractivity (Wildman–Crippen MR) is 108 cm³/mol. The Hall–Kier alpha value is -3.02. The smallest absolute Gasteiger partial charge is 0.309 e. The zero-order chi connectivity index (χ0) is 20.8. The van der Waals surface area contributed by atoms with Gasteiger partial charge in [0.2, 0.25) is 0 Å². The maximum Gasteiger partial charge on any atom is 0.309 e. The van der Waals surface area contributed by atoms with Crippen LogP contribution in [0.1, 0.15) is 24.5 Å². The van der Waals surface area contributed by atoms with E-state index >= 15 is 0 Å². The Bertz CT molecular complexity index is 852. The molecule has 0 radical (unpaired) electrons. The molecule has 1 amide bonds. The zero-order valence-corrected chi connectivity index (χ0v) is 17.1. The van der Waals surface area contributed by atoms with Gasteiger partial charge in [0.1, 0.15) is 6.61 Å². The first kappa shape index (κ1) is 20.7. The minimum atomic E-state index is -0.277. The molecule has 0 N–H and O–H groups in total. The predicted octanol–water partition coefficient (Wildman–Crippen LogP) is 3.43. The van der Waals surface area contributed by atoms with Crippen molar-refractivity contribution in [2.75, 3.05) is 20.8 Å². The summed E-state index contributed by atoms with van der Waals surface area (Å²) in [7, 11) is 3.27. The van der Waals surface area contributed by atoms with E-state index in [2.05, 4.69) is 0 Å². The lowest BCUT2D eigenvalue weighted by molar-refractivity contribution is -0.153. The van der Waals surface area contributed by atoms with Gasteiger partial charge in [0.25, 0.3) is 5.91 Å². The number of rotatable bonds is 9. The van der Waals surface area contributed by atoms with Gasteiger partial charge < -0.3 is 19.1 Å². The van der Waals surface area contributed by atoms with Gasteiger partial charge >= 0.3 is 5.97 Å². The summed E-state index contributed by atoms with van der Waals surface area (Å²) in [5.74, 6) is 1.05. The van der Waals surface area contributed by atoms with E-state index in [0.29, 0.717) is 30.6 Å². The van der Waals surface area contributed by atoms with Crippen LogP contribution in [0.5, 0.6) is 11.5 Å². The van der Waals surface area contributed by atoms with Crippen LogP contribution in [0.2, 0.25) is 0 Å². The van der Waals surface area contributed by atoms with E-state index in [-0.39, 0.29) is 24.4 Å². The molecule has 0 aromatic heterocycles. The molecule has 0 aliphatic heterocycles. The molecule has 0 saturated heterocycles. The van der Waals surface area contributed by atoms with E-state index in [1.54, 1.807) is 14.2 Å². The Balaban J connectivity index is 1.53. The number of carbonyl (C=O) groups excluding carboxylic acids is 2. The summed E-state index contributed by atoms with van der Waals surface area (Å²) >= 11 is 0. The average molecular weight is 397 g/mol. The average Bonchev–Trinajstić information content (AvgIpc) is 3.48. The number of methoxy groups -OCH3 is 1. The standard InChI is InChI=1S/C23H27NO5/c1-16-11-19(16)23(26)29-15-22(25)24(2)13-18-9-10-20(21(12-18)27-3)28-14-17-7-5-4-6-8-17/h4-10,12,16,19H,11,13-15H2,1-3H3/t16-,19-/m0/s1. The summed E-state index contributed by atoms with van der Waals surface area (Å²) in [4.78, 5) is 25.5. The van der Waals surface area contributed by atoms with Crippen LogP contribution in [0.3, 0.4) is 0 Å². The van der Waals surface area contributed by atoms with E-state index in [9.17, 15) is 9.59 Å². The first-order chi connectivity index (χ1) is 14.0. The Kier molecular flexibility index (Phi) is 6.75. The summed E-state index contributed by atoms with van der Waals surface area (Å²) in [5, 5.41) is 0. The van der Waals surface area contributed by atoms with Gasteiger partial charge in [-0.1, -0.05) is 43.3 Å². The molecule has 1 saturated carbocycles. The Labute approximate surface area is 171 Å². The molecule has 2 aromatic rings. The van der Waals surface area contributed by atoms with Crippen LogP contribution in [-0.4, -0.2) is 37.5 Å². The molecule has 29 heavy (non-hydrogen) atoms. The summed E-state index contributed by atoms with van der Waals surface area (Å²) in [6.45, 7) is 2.60. The van der Waals surface area contributed by atoms with Crippen LogP contribution < -0.4 is 9.47 Å². The number of ether oxygens (including phenoxy) is 3. The fraction of sp³-hybridized carbons (Fsp3) is 0.391. The maximum absolute atomic E-state index is 12.2. The number of likely N-dealkylation sites (N-methyl/N-ethyl adjacent to an activating group) is 1. The largest absolute Gasteiger partial charge is 0.493 e. The summed E-state index contributed by atoms with van der Waals surface area (Å²) in [5.41, 5.74) is 1.96. The van der Waals surface area contributed by atoms with Crippen molar-refractivity contribution >= 4 is 11.9 Å². The second-order valence-corrected chi connectivity index (χ2v) is 7.44. The van der Waals surface area contributed by atoms with Crippen molar-refractivity contribution in [3.8, 4) is 11.5 Å². The molecule has 0 heterocycles. The maximum atomic E-state index is 12.2. The van der Waals surface area contributed by atoms with Crippen molar-refractivity contribution in [3.05, 3.63) is 59.7 Å². The summed E-state index contributed by atoms with van der Waals surface area (Å²) < 4.78 is 16.4. The minimum Gasteiger partial charge on any atom is -0.493 e. The fourth-order valence-corrected chi connectivity index (χ4v) is 3.03. The molecule has 2 atom stereocenters. The van der Waals surface area contributed by atoms with Gasteiger partial charge in [-0.3, -0.25) is 9.59 Å². The van der Waals surface area contributed by atoms with Crippen molar-refractivity contribution in [2.45, 2.75) is 26.5 Å². The fourth-order valence-electron chi connectivity index (χ4n) is 3.03. The van der Waals surface area contributed by atoms with Gasteiger partial charge in [-0.2, -0.15) is 0 Å². The van der Waals surface area contributed by atoms with E-state index in [0.717, 1.165) is 17.5 Å². The number of hydrogen-bond donors (Lipinski definition) is 0. The van der Waals surface area contributed by atoms with Crippen molar-refractivity contribution < 1.29 is 23.8 Å². The topological polar surface area (TPSA) is 65.1 Å². The number of hydrogen-bond acceptors (Lipinski definition) is 5. The molecule has 3 rings (SSSR count). The second-order valence-electron chi connectivity index (χ2n) is 7.44. The first-order valence-corrected chi connectivity index (χ1v) is 9.72. The molecular weight excluding hydrogens is 370 g/mol. The summed E-state index contributed by atoms with van der Waals surface area (Å²) in [6, 6.07) is 15.5. The van der Waals surface area contributed by atoms with Crippen molar-refractivity contribution in [3.63, 3.8) is 0 Å². The number of nitrogens with zero attached hydrogens (tertiary/aromatic N) is 1. The van der Waals surface area contributed by atoms with Crippen molar-refractivity contribution in [1.29, 1.82) is 0 Å². The third-order valence-electron chi connectivity index (χ3n) is 5.06. The lowest BCUT2D eigenvalue weighted by Crippen LogP contribution is -2.31. The monoisotopic (exact) mass is 397 g/mol. The molecule has 0 unspecified atom stereocenters. The minimum absolute atomic E-state index is 0.0409. The third kappa shape index (κ3) is 5.73. The van der Waals surface area contributed by atoms with Crippen LogP contribution in [0.25, 0.3) is 0 Å². The van der Waals surface area contributed by atoms with Crippen LogP contribution in [-0.2, 0) is 27.5 Å². The molecule has 1 aliphatic rings. The van der Waals surface area contributed by atoms with Gasteiger partial charge in [0.05, 0.1) is 13.0 Å². The van der Waals surface area contributed by atoms with Gasteiger partial charge in [-0.05, 0) is 35.6 Å². The molecule has 1 aliphatic carbocycles. The summed E-state index contributed by atoms with van der Waals surface area (Å²) in [6.07, 6.45) is 0.849. The highest BCUT2D eigenvalue weighted by Crippen LogP contribution is 2.38. The van der Waals surface area contributed by atoms with Gasteiger partial charge in [-0.15, -0.1) is 0 Å². The molecule has 1 fully saturated rings. The number of amides is 1. The van der Waals surface area contributed by atoms with E-state index < -0.39 is 0 Å². The lowest BCUT2D eigenvalue weighted by atomic mass is 10.2. The van der Waals surface area contributed by atoms with Crippen LogP contribution in [0.15, 0.2) is 48.5 Å². The Morgan fingerprint density at radius 3 is 2.45 bits per heavy atom. The SMILES string of the molecule is COc1cc(CN(C)C(=O)COC(=O)[C@H]2C[C@@H]2C)ccc1OCc1ccccc1. The zero-order valence-electron chi connectivity index (χ0n) is 17.1. The highest BCUT2D eigenvalue weighted by atomic mass is 16.5. The van der Waals surface area contributed by atoms with Crippen LogP contribution in [0, 0.1) is 11.8 Å². The van der Waals surface area contributed by atoms with Crippen molar-refractivity contribution in [1.82, 2.24) is 4.90 Å². The van der Waals surface area contributed by atoms with Crippen LogP contribution in [0.4, 0.5) is 0 Å². The van der Waals surface area contributed by atoms with Crippen LogP contribution >= 0.6 is 0 Å². The first-order valence-electron chi connectivity index (χ1n) is 9.72. The highest BCUT2D eigenvalue weighted by molar-refractivity contribution is 5.82. The molecule has 154 valence electrons. The quantitative estimate of drug-likeness (QED) is 0.607. The van der Waals surface area contributed by atoms with E-state index in [1.807, 2.05) is 55.5 Å². The molecule has 6 heteroatoms. The molecular formula is C23H27NO5. The molecule has 0 bridgehead atoms. The van der Waals surface area contributed by atoms with Gasteiger partial charge in [0.15, 0.2) is 18.1 Å².